The van der Waals surface area contributed by atoms with Gasteiger partial charge in [0.05, 0.1) is 19.3 Å². The van der Waals surface area contributed by atoms with Gasteiger partial charge in [-0.3, -0.25) is 4.79 Å². The van der Waals surface area contributed by atoms with Gasteiger partial charge in [0.2, 0.25) is 11.9 Å². The van der Waals surface area contributed by atoms with Gasteiger partial charge in [0.1, 0.15) is 0 Å². The Morgan fingerprint density at radius 2 is 1.96 bits per heavy atom. The molecule has 3 rings (SSSR count). The van der Waals surface area contributed by atoms with Crippen molar-refractivity contribution in [1.82, 2.24) is 24.7 Å². The van der Waals surface area contributed by atoms with E-state index in [-0.39, 0.29) is 30.3 Å². The number of urea groups is 1. The van der Waals surface area contributed by atoms with E-state index in [0.29, 0.717) is 26.3 Å². The first-order valence-corrected chi connectivity index (χ1v) is 8.98. The molecule has 9 nitrogen and oxygen atoms in total. The highest BCUT2D eigenvalue weighted by atomic mass is 16.5. The standard InChI is InChI=1S/C17H26N6O3/c1-21(11-13-9-19-16(18)20-10-13)15(24)8-14-12-26-7-6-23(14)17(25)22-4-2-3-5-22/h9-10,14H,2-8,11-12H2,1H3,(H2,18,19,20). The van der Waals surface area contributed by atoms with Crippen LogP contribution in [0.1, 0.15) is 24.8 Å². The number of rotatable bonds is 4. The maximum Gasteiger partial charge on any atom is 0.320 e. The number of ether oxygens (including phenoxy) is 1. The van der Waals surface area contributed by atoms with Crippen LogP contribution in [0.5, 0.6) is 0 Å². The number of likely N-dealkylation sites (tertiary alicyclic amines) is 1. The van der Waals surface area contributed by atoms with Crippen molar-refractivity contribution >= 4 is 17.9 Å². The topological polar surface area (TPSA) is 105 Å². The van der Waals surface area contributed by atoms with Crippen molar-refractivity contribution in [3.8, 4) is 0 Å². The molecule has 3 heterocycles. The Morgan fingerprint density at radius 3 is 2.65 bits per heavy atom. The monoisotopic (exact) mass is 362 g/mol. The molecule has 0 radical (unpaired) electrons. The zero-order valence-corrected chi connectivity index (χ0v) is 15.1. The summed E-state index contributed by atoms with van der Waals surface area (Å²) in [5, 5.41) is 0. The fourth-order valence-corrected chi connectivity index (χ4v) is 3.33. The van der Waals surface area contributed by atoms with Crippen LogP contribution in [0.2, 0.25) is 0 Å². The van der Waals surface area contributed by atoms with E-state index in [0.717, 1.165) is 31.5 Å². The van der Waals surface area contributed by atoms with Crippen LogP contribution in [0.3, 0.4) is 0 Å². The summed E-state index contributed by atoms with van der Waals surface area (Å²) in [7, 11) is 1.73. The molecule has 142 valence electrons. The molecule has 0 aliphatic carbocycles. The van der Waals surface area contributed by atoms with Crippen molar-refractivity contribution in [2.45, 2.75) is 31.8 Å². The average molecular weight is 362 g/mol. The number of hydrogen-bond acceptors (Lipinski definition) is 6. The highest BCUT2D eigenvalue weighted by Crippen LogP contribution is 2.18. The molecule has 1 unspecified atom stereocenters. The number of anilines is 1. The van der Waals surface area contributed by atoms with E-state index < -0.39 is 0 Å². The van der Waals surface area contributed by atoms with Gasteiger partial charge in [-0.25, -0.2) is 14.8 Å². The van der Waals surface area contributed by atoms with Gasteiger partial charge in [0, 0.05) is 57.6 Å². The molecule has 9 heteroatoms. The van der Waals surface area contributed by atoms with Crippen LogP contribution >= 0.6 is 0 Å². The molecule has 1 atom stereocenters. The number of aromatic nitrogens is 2. The largest absolute Gasteiger partial charge is 0.377 e. The van der Waals surface area contributed by atoms with Gasteiger partial charge in [-0.1, -0.05) is 0 Å². The van der Waals surface area contributed by atoms with Crippen molar-refractivity contribution in [2.24, 2.45) is 0 Å². The maximum atomic E-state index is 12.7. The Hall–Kier alpha value is -2.42. The summed E-state index contributed by atoms with van der Waals surface area (Å²) in [6, 6.07) is -0.201. The van der Waals surface area contributed by atoms with Crippen LogP contribution in [0.15, 0.2) is 12.4 Å². The van der Waals surface area contributed by atoms with Crippen molar-refractivity contribution < 1.29 is 14.3 Å². The van der Waals surface area contributed by atoms with Crippen LogP contribution in [0.25, 0.3) is 0 Å². The first-order valence-electron chi connectivity index (χ1n) is 8.98. The SMILES string of the molecule is CN(Cc1cnc(N)nc1)C(=O)CC1COCCN1C(=O)N1CCCC1. The van der Waals surface area contributed by atoms with E-state index in [1.807, 2.05) is 4.90 Å². The third-order valence-electron chi connectivity index (χ3n) is 4.83. The minimum atomic E-state index is -0.227. The normalized spacial score (nSPS) is 20.3. The lowest BCUT2D eigenvalue weighted by molar-refractivity contribution is -0.133. The first kappa shape index (κ1) is 18.4. The second-order valence-electron chi connectivity index (χ2n) is 6.80. The van der Waals surface area contributed by atoms with Crippen molar-refractivity contribution in [2.75, 3.05) is 45.6 Å². The van der Waals surface area contributed by atoms with Gasteiger partial charge in [0.15, 0.2) is 0 Å². The zero-order chi connectivity index (χ0) is 18.5. The summed E-state index contributed by atoms with van der Waals surface area (Å²) in [4.78, 5) is 38.5. The summed E-state index contributed by atoms with van der Waals surface area (Å²) in [5.74, 6) is 0.162. The van der Waals surface area contributed by atoms with Gasteiger partial charge in [-0.2, -0.15) is 0 Å². The minimum absolute atomic E-state index is 0.0261. The third-order valence-corrected chi connectivity index (χ3v) is 4.83. The van der Waals surface area contributed by atoms with E-state index in [9.17, 15) is 9.59 Å². The maximum absolute atomic E-state index is 12.7. The lowest BCUT2D eigenvalue weighted by atomic mass is 10.1. The predicted octanol–water partition coefficient (Wildman–Crippen LogP) is 0.324. The van der Waals surface area contributed by atoms with Crippen LogP contribution in [0, 0.1) is 0 Å². The number of nitrogens with two attached hydrogens (primary N) is 1. The average Bonchev–Trinajstić information content (AvgIpc) is 3.18. The Kier molecular flexibility index (Phi) is 5.87. The molecule has 0 aromatic carbocycles. The van der Waals surface area contributed by atoms with E-state index in [2.05, 4.69) is 9.97 Å². The Labute approximate surface area is 153 Å². The number of carbonyl (C=O) groups excluding carboxylic acids is 2. The highest BCUT2D eigenvalue weighted by molar-refractivity contribution is 5.79. The van der Waals surface area contributed by atoms with E-state index in [1.165, 1.54) is 0 Å². The zero-order valence-electron chi connectivity index (χ0n) is 15.1. The molecule has 2 aliphatic heterocycles. The molecule has 0 spiro atoms. The Morgan fingerprint density at radius 1 is 1.27 bits per heavy atom. The first-order chi connectivity index (χ1) is 12.5. The van der Waals surface area contributed by atoms with Crippen LogP contribution in [-0.4, -0.2) is 82.5 Å². The number of nitrogen functional groups attached to an aromatic ring is 1. The molecule has 3 amide bonds. The van der Waals surface area contributed by atoms with E-state index in [1.54, 1.807) is 29.2 Å². The fraction of sp³-hybridized carbons (Fsp3) is 0.647. The lowest BCUT2D eigenvalue weighted by Gasteiger charge is -2.38. The number of amides is 3. The van der Waals surface area contributed by atoms with Gasteiger partial charge in [-0.05, 0) is 12.8 Å². The smallest absolute Gasteiger partial charge is 0.320 e. The summed E-state index contributed by atoms with van der Waals surface area (Å²) in [5.41, 5.74) is 6.28. The molecule has 0 bridgehead atoms. The predicted molar refractivity (Wildman–Crippen MR) is 95.1 cm³/mol. The van der Waals surface area contributed by atoms with Crippen molar-refractivity contribution in [3.63, 3.8) is 0 Å². The molecule has 2 saturated heterocycles. The Bertz CT molecular complexity index is 632. The van der Waals surface area contributed by atoms with Crippen molar-refractivity contribution in [1.29, 1.82) is 0 Å². The molecule has 1 aromatic heterocycles. The van der Waals surface area contributed by atoms with Gasteiger partial charge in [-0.15, -0.1) is 0 Å². The summed E-state index contributed by atoms with van der Waals surface area (Å²) in [6.07, 6.45) is 5.56. The van der Waals surface area contributed by atoms with E-state index >= 15 is 0 Å². The molecule has 2 N–H and O–H groups in total. The van der Waals surface area contributed by atoms with E-state index in [4.69, 9.17) is 10.5 Å². The molecular weight excluding hydrogens is 336 g/mol. The van der Waals surface area contributed by atoms with Crippen LogP contribution < -0.4 is 5.73 Å². The molecular formula is C17H26N6O3. The molecule has 2 fully saturated rings. The fourth-order valence-electron chi connectivity index (χ4n) is 3.33. The van der Waals surface area contributed by atoms with Crippen molar-refractivity contribution in [3.05, 3.63) is 18.0 Å². The third kappa shape index (κ3) is 4.40. The second-order valence-corrected chi connectivity index (χ2v) is 6.80. The lowest BCUT2D eigenvalue weighted by Crippen LogP contribution is -2.54. The summed E-state index contributed by atoms with van der Waals surface area (Å²) < 4.78 is 5.52. The molecule has 0 saturated carbocycles. The Balaban J connectivity index is 1.58. The van der Waals surface area contributed by atoms with Crippen LogP contribution in [-0.2, 0) is 16.1 Å². The molecule has 2 aliphatic rings. The summed E-state index contributed by atoms with van der Waals surface area (Å²) >= 11 is 0. The number of morpholine rings is 1. The number of carbonyl (C=O) groups is 2. The quantitative estimate of drug-likeness (QED) is 0.827. The highest BCUT2D eigenvalue weighted by Gasteiger charge is 2.33. The number of nitrogens with zero attached hydrogens (tertiary/aromatic N) is 5. The molecule has 26 heavy (non-hydrogen) atoms. The molecule has 1 aromatic rings. The minimum Gasteiger partial charge on any atom is -0.377 e. The van der Waals surface area contributed by atoms with Gasteiger partial charge in [0.25, 0.3) is 0 Å². The van der Waals surface area contributed by atoms with Gasteiger partial charge < -0.3 is 25.2 Å². The summed E-state index contributed by atoms with van der Waals surface area (Å²) in [6.45, 7) is 3.43. The second kappa shape index (κ2) is 8.31. The number of hydrogen-bond donors (Lipinski definition) is 1. The van der Waals surface area contributed by atoms with Crippen LogP contribution in [0.4, 0.5) is 10.7 Å². The van der Waals surface area contributed by atoms with Gasteiger partial charge >= 0.3 is 6.03 Å².